The van der Waals surface area contributed by atoms with Crippen LogP contribution in [-0.2, 0) is 0 Å². The first-order valence-electron chi connectivity index (χ1n) is 12.4. The van der Waals surface area contributed by atoms with E-state index in [-0.39, 0.29) is 0 Å². The van der Waals surface area contributed by atoms with Crippen molar-refractivity contribution in [2.24, 2.45) is 0 Å². The van der Waals surface area contributed by atoms with Crippen LogP contribution < -0.4 is 0 Å². The van der Waals surface area contributed by atoms with Crippen LogP contribution in [0.15, 0.2) is 91.0 Å². The molecule has 0 spiro atoms. The van der Waals surface area contributed by atoms with Gasteiger partial charge in [-0.1, -0.05) is 48.5 Å². The van der Waals surface area contributed by atoms with E-state index in [1.165, 1.54) is 0 Å². The van der Waals surface area contributed by atoms with E-state index in [0.29, 0.717) is 39.5 Å². The highest BCUT2D eigenvalue weighted by molar-refractivity contribution is 6.11. The molecule has 0 saturated carbocycles. The maximum absolute atomic E-state index is 5.01. The summed E-state index contributed by atoms with van der Waals surface area (Å²) in [5.41, 5.74) is 4.85. The fourth-order valence-electron chi connectivity index (χ4n) is 4.93. The number of benzene rings is 5. The molecular formula is C29H15N11. The van der Waals surface area contributed by atoms with Crippen LogP contribution in [0.2, 0.25) is 0 Å². The van der Waals surface area contributed by atoms with Crippen LogP contribution >= 0.6 is 0 Å². The second-order valence-electron chi connectivity index (χ2n) is 9.16. The molecule has 0 amide bonds. The van der Waals surface area contributed by atoms with Crippen molar-refractivity contribution in [2.75, 3.05) is 0 Å². The summed E-state index contributed by atoms with van der Waals surface area (Å²) in [6, 6.07) is 29.8. The molecule has 0 aliphatic heterocycles. The van der Waals surface area contributed by atoms with Gasteiger partial charge in [0.25, 0.3) is 0 Å². The monoisotopic (exact) mass is 517 g/mol. The minimum atomic E-state index is 0.483. The summed E-state index contributed by atoms with van der Waals surface area (Å²) in [6.45, 7) is 0. The van der Waals surface area contributed by atoms with Gasteiger partial charge in [-0.05, 0) is 84.9 Å². The third-order valence-corrected chi connectivity index (χ3v) is 6.79. The molecule has 0 fully saturated rings. The van der Waals surface area contributed by atoms with Gasteiger partial charge in [0.1, 0.15) is 22.1 Å². The highest BCUT2D eigenvalue weighted by Gasteiger charge is 2.18. The Morgan fingerprint density at radius 2 is 0.825 bits per heavy atom. The number of nitrogens with zero attached hydrogens (tertiary/aromatic N) is 11. The topological polar surface area (TPSA) is 142 Å². The Morgan fingerprint density at radius 3 is 1.35 bits per heavy atom. The van der Waals surface area contributed by atoms with E-state index in [4.69, 9.17) is 15.0 Å². The molecule has 0 saturated heterocycles. The lowest BCUT2D eigenvalue weighted by Gasteiger charge is -2.13. The Hall–Kier alpha value is -5.97. The number of hydrogen-bond donors (Lipinski definition) is 0. The van der Waals surface area contributed by atoms with Crippen molar-refractivity contribution in [3.63, 3.8) is 0 Å². The van der Waals surface area contributed by atoms with Crippen molar-refractivity contribution < 1.29 is 0 Å². The summed E-state index contributed by atoms with van der Waals surface area (Å²) in [5, 5.41) is 35.3. The Labute approximate surface area is 225 Å². The van der Waals surface area contributed by atoms with Crippen LogP contribution in [-0.4, -0.2) is 56.2 Å². The first kappa shape index (κ1) is 22.1. The van der Waals surface area contributed by atoms with Gasteiger partial charge in [-0.25, -0.2) is 15.0 Å². The zero-order valence-corrected chi connectivity index (χ0v) is 20.6. The number of hydrogen-bond acceptors (Lipinski definition) is 11. The molecule has 186 valence electrons. The molecule has 11 heteroatoms. The fourth-order valence-corrected chi connectivity index (χ4v) is 4.93. The highest BCUT2D eigenvalue weighted by Crippen LogP contribution is 2.36. The van der Waals surface area contributed by atoms with E-state index < -0.39 is 0 Å². The van der Waals surface area contributed by atoms with Crippen LogP contribution in [0.3, 0.4) is 0 Å². The average Bonchev–Trinajstić information content (AvgIpc) is 3.03. The Balaban J connectivity index is 1.44. The molecule has 0 aliphatic rings. The Kier molecular flexibility index (Phi) is 4.86. The summed E-state index contributed by atoms with van der Waals surface area (Å²) in [6.07, 6.45) is 0. The average molecular weight is 518 g/mol. The molecule has 0 atom stereocenters. The van der Waals surface area contributed by atoms with Crippen LogP contribution in [0, 0.1) is 0 Å². The third kappa shape index (κ3) is 3.64. The highest BCUT2D eigenvalue weighted by atomic mass is 15.4. The molecule has 8 aromatic rings. The quantitative estimate of drug-likeness (QED) is 0.302. The summed E-state index contributed by atoms with van der Waals surface area (Å²) in [5.74, 6) is 1.51. The largest absolute Gasteiger partial charge is 0.208 e. The molecule has 3 aromatic heterocycles. The van der Waals surface area contributed by atoms with Crippen molar-refractivity contribution in [3.05, 3.63) is 91.0 Å². The summed E-state index contributed by atoms with van der Waals surface area (Å²) in [7, 11) is 0. The van der Waals surface area contributed by atoms with Gasteiger partial charge in [-0.2, -0.15) is 0 Å². The predicted octanol–water partition coefficient (Wildman–Crippen LogP) is 4.65. The minimum absolute atomic E-state index is 0.483. The van der Waals surface area contributed by atoms with Gasteiger partial charge in [-0.15, -0.1) is 20.4 Å². The summed E-state index contributed by atoms with van der Waals surface area (Å²) in [4.78, 5) is 14.9. The number of aromatic nitrogens is 11. The van der Waals surface area contributed by atoms with Crippen LogP contribution in [0.5, 0.6) is 0 Å². The molecule has 0 radical (unpaired) electrons. The SMILES string of the molecule is c1ccc2c(-c3nc(-c4ccc5nnnnc5c4)nc(-c4ccc5nnnnc5c4)n3)c3ccccc3cc2c1. The lowest BCUT2D eigenvalue weighted by atomic mass is 9.96. The smallest absolute Gasteiger partial charge is 0.165 e. The molecule has 5 aromatic carbocycles. The molecular weight excluding hydrogens is 502 g/mol. The molecule has 0 unspecified atom stereocenters. The van der Waals surface area contributed by atoms with Crippen molar-refractivity contribution >= 4 is 43.6 Å². The maximum Gasteiger partial charge on any atom is 0.165 e. The summed E-state index contributed by atoms with van der Waals surface area (Å²) >= 11 is 0. The zero-order valence-electron chi connectivity index (χ0n) is 20.6. The van der Waals surface area contributed by atoms with Crippen molar-refractivity contribution in [1.29, 1.82) is 0 Å². The first-order valence-corrected chi connectivity index (χ1v) is 12.4. The zero-order chi connectivity index (χ0) is 26.5. The minimum Gasteiger partial charge on any atom is -0.208 e. The normalized spacial score (nSPS) is 11.5. The van der Waals surface area contributed by atoms with Gasteiger partial charge in [0, 0.05) is 16.7 Å². The van der Waals surface area contributed by atoms with E-state index in [1.54, 1.807) is 0 Å². The van der Waals surface area contributed by atoms with Gasteiger partial charge in [0.05, 0.1) is 0 Å². The first-order chi connectivity index (χ1) is 19.8. The van der Waals surface area contributed by atoms with E-state index in [2.05, 4.69) is 71.6 Å². The Bertz CT molecular complexity index is 2100. The maximum atomic E-state index is 5.01. The lowest BCUT2D eigenvalue weighted by Crippen LogP contribution is -2.02. The Morgan fingerprint density at radius 1 is 0.375 bits per heavy atom. The van der Waals surface area contributed by atoms with Crippen LogP contribution in [0.1, 0.15) is 0 Å². The van der Waals surface area contributed by atoms with Gasteiger partial charge in [0.15, 0.2) is 17.5 Å². The van der Waals surface area contributed by atoms with E-state index in [9.17, 15) is 0 Å². The van der Waals surface area contributed by atoms with Crippen molar-refractivity contribution in [3.8, 4) is 34.2 Å². The van der Waals surface area contributed by atoms with Gasteiger partial charge < -0.3 is 0 Å². The lowest BCUT2D eigenvalue weighted by molar-refractivity contribution is 0.797. The van der Waals surface area contributed by atoms with Crippen LogP contribution in [0.4, 0.5) is 0 Å². The molecule has 8 rings (SSSR count). The van der Waals surface area contributed by atoms with E-state index in [1.807, 2.05) is 60.7 Å². The van der Waals surface area contributed by atoms with E-state index in [0.717, 1.165) is 38.2 Å². The predicted molar refractivity (Wildman–Crippen MR) is 149 cm³/mol. The molecule has 0 N–H and O–H groups in total. The van der Waals surface area contributed by atoms with E-state index >= 15 is 0 Å². The molecule has 0 bridgehead atoms. The number of fused-ring (bicyclic) bond motifs is 4. The number of rotatable bonds is 3. The second-order valence-corrected chi connectivity index (χ2v) is 9.16. The van der Waals surface area contributed by atoms with Gasteiger partial charge >= 0.3 is 0 Å². The molecule has 3 heterocycles. The van der Waals surface area contributed by atoms with Gasteiger partial charge in [0.2, 0.25) is 0 Å². The van der Waals surface area contributed by atoms with Crippen molar-refractivity contribution in [2.45, 2.75) is 0 Å². The van der Waals surface area contributed by atoms with Gasteiger partial charge in [-0.3, -0.25) is 0 Å². The van der Waals surface area contributed by atoms with Crippen LogP contribution in [0.25, 0.3) is 77.8 Å². The third-order valence-electron chi connectivity index (χ3n) is 6.79. The molecule has 40 heavy (non-hydrogen) atoms. The second kappa shape index (κ2) is 8.81. The molecule has 11 nitrogen and oxygen atoms in total. The standard InChI is InChI=1S/C29H15N11/c1-3-7-20-16(5-1)13-17-6-2-4-8-21(17)26(20)29-31-27(18-9-11-22-24(14-18)35-39-37-33-22)30-28(32-29)19-10-12-23-25(15-19)36-40-38-34-23/h1-15H. The fraction of sp³-hybridized carbons (Fsp3) is 0. The molecule has 0 aliphatic carbocycles. The van der Waals surface area contributed by atoms with Crippen molar-refractivity contribution in [1.82, 2.24) is 56.2 Å². The summed E-state index contributed by atoms with van der Waals surface area (Å²) < 4.78 is 0.